The number of para-hydroxylation sites is 1. The maximum absolute atomic E-state index is 12.8. The van der Waals surface area contributed by atoms with Crippen LogP contribution in [-0.4, -0.2) is 34.7 Å². The van der Waals surface area contributed by atoms with Gasteiger partial charge in [-0.2, -0.15) is 0 Å². The lowest BCUT2D eigenvalue weighted by molar-refractivity contribution is -0.131. The number of likely N-dealkylation sites (tertiary alicyclic amines) is 1. The average Bonchev–Trinajstić information content (AvgIpc) is 3.10. The zero-order chi connectivity index (χ0) is 21.0. The summed E-state index contributed by atoms with van der Waals surface area (Å²) < 4.78 is 0. The maximum atomic E-state index is 12.8. The van der Waals surface area contributed by atoms with E-state index in [1.54, 1.807) is 29.2 Å². The second kappa shape index (κ2) is 8.47. The Morgan fingerprint density at radius 2 is 1.69 bits per heavy atom. The first-order valence-electron chi connectivity index (χ1n) is 9.78. The molecule has 1 aliphatic heterocycles. The van der Waals surface area contributed by atoms with Crippen molar-refractivity contribution in [2.45, 2.75) is 39.3 Å². The summed E-state index contributed by atoms with van der Waals surface area (Å²) in [5, 5.41) is 5.73. The van der Waals surface area contributed by atoms with Crippen LogP contribution in [-0.2, 0) is 16.1 Å². The summed E-state index contributed by atoms with van der Waals surface area (Å²) in [6.45, 7) is 6.66. The zero-order valence-electron chi connectivity index (χ0n) is 17.1. The van der Waals surface area contributed by atoms with E-state index < -0.39 is 5.92 Å². The highest BCUT2D eigenvalue weighted by atomic mass is 16.2. The molecule has 2 aromatic rings. The number of hydrogen-bond donors (Lipinski definition) is 2. The van der Waals surface area contributed by atoms with E-state index in [9.17, 15) is 14.4 Å². The van der Waals surface area contributed by atoms with Crippen molar-refractivity contribution in [3.63, 3.8) is 0 Å². The lowest BCUT2D eigenvalue weighted by atomic mass is 10.1. The molecule has 1 fully saturated rings. The van der Waals surface area contributed by atoms with Crippen molar-refractivity contribution in [1.82, 2.24) is 10.2 Å². The van der Waals surface area contributed by atoms with Gasteiger partial charge < -0.3 is 15.5 Å². The molecular formula is C23H27N3O3. The summed E-state index contributed by atoms with van der Waals surface area (Å²) in [6, 6.07) is 16.5. The smallest absolute Gasteiger partial charge is 0.253 e. The molecule has 1 atom stereocenters. The van der Waals surface area contributed by atoms with Crippen LogP contribution in [0, 0.1) is 5.92 Å². The van der Waals surface area contributed by atoms with Gasteiger partial charge in [0.05, 0.1) is 17.2 Å². The fraction of sp³-hybridized carbons (Fsp3) is 0.348. The molecule has 152 valence electrons. The lowest BCUT2D eigenvalue weighted by Gasteiger charge is -2.31. The predicted molar refractivity (Wildman–Crippen MR) is 112 cm³/mol. The van der Waals surface area contributed by atoms with E-state index in [1.807, 2.05) is 51.1 Å². The molecule has 6 nitrogen and oxygen atoms in total. The predicted octanol–water partition coefficient (Wildman–Crippen LogP) is 3.20. The highest BCUT2D eigenvalue weighted by molar-refractivity contribution is 6.05. The Kier molecular flexibility index (Phi) is 6.01. The van der Waals surface area contributed by atoms with Crippen molar-refractivity contribution in [3.05, 3.63) is 65.7 Å². The van der Waals surface area contributed by atoms with Gasteiger partial charge in [-0.3, -0.25) is 14.4 Å². The van der Waals surface area contributed by atoms with E-state index in [0.29, 0.717) is 24.3 Å². The van der Waals surface area contributed by atoms with Gasteiger partial charge in [0.25, 0.3) is 5.91 Å². The van der Waals surface area contributed by atoms with Crippen molar-refractivity contribution < 1.29 is 14.4 Å². The number of carbonyl (C=O) groups is 3. The van der Waals surface area contributed by atoms with Crippen LogP contribution < -0.4 is 10.6 Å². The molecule has 0 saturated carbocycles. The van der Waals surface area contributed by atoms with Crippen LogP contribution in [0.3, 0.4) is 0 Å². The minimum atomic E-state index is -0.429. The van der Waals surface area contributed by atoms with E-state index in [2.05, 4.69) is 10.6 Å². The van der Waals surface area contributed by atoms with Crippen molar-refractivity contribution in [1.29, 1.82) is 0 Å². The van der Waals surface area contributed by atoms with Crippen molar-refractivity contribution >= 4 is 23.4 Å². The van der Waals surface area contributed by atoms with Gasteiger partial charge in [0.2, 0.25) is 11.8 Å². The van der Waals surface area contributed by atoms with Gasteiger partial charge in [-0.25, -0.2) is 0 Å². The van der Waals surface area contributed by atoms with Crippen LogP contribution >= 0.6 is 0 Å². The first-order valence-corrected chi connectivity index (χ1v) is 9.78. The fourth-order valence-electron chi connectivity index (χ4n) is 3.43. The Bertz CT molecular complexity index is 903. The first kappa shape index (κ1) is 20.6. The van der Waals surface area contributed by atoms with E-state index in [-0.39, 0.29) is 29.7 Å². The van der Waals surface area contributed by atoms with Crippen LogP contribution in [0.15, 0.2) is 54.6 Å². The molecule has 1 heterocycles. The molecule has 0 aromatic heterocycles. The molecule has 6 heteroatoms. The Morgan fingerprint density at radius 1 is 1.03 bits per heavy atom. The van der Waals surface area contributed by atoms with Crippen LogP contribution in [0.5, 0.6) is 0 Å². The molecule has 3 amide bonds. The summed E-state index contributed by atoms with van der Waals surface area (Å²) in [4.78, 5) is 39.4. The molecule has 0 aliphatic carbocycles. The summed E-state index contributed by atoms with van der Waals surface area (Å²) in [6.07, 6.45) is 0.186. The van der Waals surface area contributed by atoms with E-state index in [4.69, 9.17) is 0 Å². The topological polar surface area (TPSA) is 78.5 Å². The lowest BCUT2D eigenvalue weighted by Crippen LogP contribution is -2.42. The molecular weight excluding hydrogens is 366 g/mol. The van der Waals surface area contributed by atoms with Gasteiger partial charge in [0, 0.05) is 25.0 Å². The normalized spacial score (nSPS) is 16.6. The number of nitrogens with one attached hydrogen (secondary N) is 2. The molecule has 2 N–H and O–H groups in total. The van der Waals surface area contributed by atoms with Gasteiger partial charge in [0.15, 0.2) is 0 Å². The Morgan fingerprint density at radius 3 is 2.34 bits per heavy atom. The third-order valence-corrected chi connectivity index (χ3v) is 5.03. The number of rotatable bonds is 5. The highest BCUT2D eigenvalue weighted by Gasteiger charge is 2.39. The first-order chi connectivity index (χ1) is 13.8. The van der Waals surface area contributed by atoms with Gasteiger partial charge >= 0.3 is 0 Å². The largest absolute Gasteiger partial charge is 0.348 e. The summed E-state index contributed by atoms with van der Waals surface area (Å²) in [5.74, 6) is -0.953. The average molecular weight is 393 g/mol. The van der Waals surface area contributed by atoms with Gasteiger partial charge in [0.1, 0.15) is 0 Å². The van der Waals surface area contributed by atoms with Gasteiger partial charge in [-0.1, -0.05) is 42.5 Å². The molecule has 0 radical (unpaired) electrons. The van der Waals surface area contributed by atoms with Crippen LogP contribution in [0.4, 0.5) is 5.69 Å². The molecule has 2 aromatic carbocycles. The molecule has 0 unspecified atom stereocenters. The fourth-order valence-corrected chi connectivity index (χ4v) is 3.43. The Balaban J connectivity index is 1.67. The van der Waals surface area contributed by atoms with Gasteiger partial charge in [-0.05, 0) is 38.5 Å². The quantitative estimate of drug-likeness (QED) is 0.819. The molecule has 1 aliphatic rings. The molecule has 0 bridgehead atoms. The Labute approximate surface area is 171 Å². The molecule has 0 spiro atoms. The number of benzene rings is 2. The van der Waals surface area contributed by atoms with Gasteiger partial charge in [-0.15, -0.1) is 0 Å². The minimum absolute atomic E-state index is 0.0217. The van der Waals surface area contributed by atoms with E-state index >= 15 is 0 Å². The maximum Gasteiger partial charge on any atom is 0.253 e. The number of carbonyl (C=O) groups excluding carboxylic acids is 3. The SMILES string of the molecule is CC(C)(C)N1C[C@@H](C(=O)Nc2ccccc2C(=O)NCc2ccccc2)CC1=O. The second-order valence-electron chi connectivity index (χ2n) is 8.28. The Hall–Kier alpha value is -3.15. The summed E-state index contributed by atoms with van der Waals surface area (Å²) in [7, 11) is 0. The number of hydrogen-bond acceptors (Lipinski definition) is 3. The van der Waals surface area contributed by atoms with Crippen LogP contribution in [0.25, 0.3) is 0 Å². The zero-order valence-corrected chi connectivity index (χ0v) is 17.1. The minimum Gasteiger partial charge on any atom is -0.348 e. The highest BCUT2D eigenvalue weighted by Crippen LogP contribution is 2.27. The number of anilines is 1. The molecule has 3 rings (SSSR count). The summed E-state index contributed by atoms with van der Waals surface area (Å²) >= 11 is 0. The van der Waals surface area contributed by atoms with Crippen LogP contribution in [0.2, 0.25) is 0 Å². The second-order valence-corrected chi connectivity index (χ2v) is 8.28. The van der Waals surface area contributed by atoms with E-state index in [0.717, 1.165) is 5.56 Å². The van der Waals surface area contributed by atoms with E-state index in [1.165, 1.54) is 0 Å². The third-order valence-electron chi connectivity index (χ3n) is 5.03. The number of amides is 3. The van der Waals surface area contributed by atoms with Crippen molar-refractivity contribution in [3.8, 4) is 0 Å². The third kappa shape index (κ3) is 5.02. The molecule has 1 saturated heterocycles. The molecule has 29 heavy (non-hydrogen) atoms. The number of nitrogens with zero attached hydrogens (tertiary/aromatic N) is 1. The van der Waals surface area contributed by atoms with Crippen molar-refractivity contribution in [2.24, 2.45) is 5.92 Å². The monoisotopic (exact) mass is 393 g/mol. The standard InChI is InChI=1S/C23H27N3O3/c1-23(2,3)26-15-17(13-20(26)27)21(28)25-19-12-8-7-11-18(19)22(29)24-14-16-9-5-4-6-10-16/h4-12,17H,13-15H2,1-3H3,(H,24,29)(H,25,28)/t17-/m0/s1. The summed E-state index contributed by atoms with van der Waals surface area (Å²) in [5.41, 5.74) is 1.52. The van der Waals surface area contributed by atoms with Crippen LogP contribution in [0.1, 0.15) is 43.1 Å². The van der Waals surface area contributed by atoms with Crippen molar-refractivity contribution in [2.75, 3.05) is 11.9 Å².